The molecule has 0 rings (SSSR count). The van der Waals surface area contributed by atoms with E-state index in [0.29, 0.717) is 6.42 Å². The number of nitrogens with two attached hydrogens (primary N) is 1. The highest BCUT2D eigenvalue weighted by atomic mass is 31.2. The second kappa shape index (κ2) is 24.9. The molecular formula is C28H55N2O7P. The summed E-state index contributed by atoms with van der Waals surface area (Å²) < 4.78 is 21.7. The van der Waals surface area contributed by atoms with Gasteiger partial charge in [-0.05, 0) is 32.1 Å². The molecule has 0 aromatic carbocycles. The largest absolute Gasteiger partial charge is 0.472 e. The number of carbonyl (C=O) groups excluding carboxylic acids is 1. The Morgan fingerprint density at radius 2 is 1.47 bits per heavy atom. The predicted octanol–water partition coefficient (Wildman–Crippen LogP) is 5.29. The smallest absolute Gasteiger partial charge is 0.392 e. The summed E-state index contributed by atoms with van der Waals surface area (Å²) in [5.41, 5.74) is 5.30. The Bertz CT molecular complexity index is 676. The van der Waals surface area contributed by atoms with Gasteiger partial charge in [0.25, 0.3) is 0 Å². The van der Waals surface area contributed by atoms with E-state index >= 15 is 0 Å². The number of rotatable bonds is 26. The van der Waals surface area contributed by atoms with Gasteiger partial charge in [-0.2, -0.15) is 0 Å². The summed E-state index contributed by atoms with van der Waals surface area (Å²) in [7, 11) is -4.38. The van der Waals surface area contributed by atoms with Crippen molar-refractivity contribution in [2.75, 3.05) is 19.8 Å². The van der Waals surface area contributed by atoms with Gasteiger partial charge in [0.05, 0.1) is 37.9 Å². The van der Waals surface area contributed by atoms with Crippen LogP contribution in [0.2, 0.25) is 0 Å². The van der Waals surface area contributed by atoms with E-state index in [1.54, 1.807) is 6.08 Å². The van der Waals surface area contributed by atoms with Crippen LogP contribution in [0.1, 0.15) is 110 Å². The van der Waals surface area contributed by atoms with E-state index in [0.717, 1.165) is 32.1 Å². The zero-order chi connectivity index (χ0) is 28.5. The van der Waals surface area contributed by atoms with Crippen molar-refractivity contribution >= 4 is 13.7 Å². The predicted molar refractivity (Wildman–Crippen MR) is 154 cm³/mol. The van der Waals surface area contributed by atoms with E-state index in [1.807, 2.05) is 18.2 Å². The van der Waals surface area contributed by atoms with Gasteiger partial charge in [0.2, 0.25) is 5.91 Å². The fourth-order valence-electron chi connectivity index (χ4n) is 3.82. The van der Waals surface area contributed by atoms with E-state index in [-0.39, 0.29) is 19.6 Å². The number of phosphoric ester groups is 1. The lowest BCUT2D eigenvalue weighted by Gasteiger charge is -2.23. The lowest BCUT2D eigenvalue weighted by atomic mass is 10.1. The van der Waals surface area contributed by atoms with Crippen molar-refractivity contribution < 1.29 is 33.5 Å². The minimum atomic E-state index is -4.38. The van der Waals surface area contributed by atoms with Gasteiger partial charge in [-0.1, -0.05) is 95.9 Å². The van der Waals surface area contributed by atoms with Crippen molar-refractivity contribution in [3.05, 3.63) is 24.3 Å². The molecule has 0 heterocycles. The highest BCUT2D eigenvalue weighted by Gasteiger charge is 2.27. The summed E-state index contributed by atoms with van der Waals surface area (Å²) in [6.07, 6.45) is 20.2. The molecule has 10 heteroatoms. The molecule has 0 spiro atoms. The molecule has 9 nitrogen and oxygen atoms in total. The van der Waals surface area contributed by atoms with Crippen LogP contribution in [0.4, 0.5) is 0 Å². The number of aliphatic hydroxyl groups excluding tert-OH is 2. The van der Waals surface area contributed by atoms with Crippen LogP contribution in [0.3, 0.4) is 0 Å². The van der Waals surface area contributed by atoms with Crippen molar-refractivity contribution in [2.24, 2.45) is 5.73 Å². The molecule has 0 bridgehead atoms. The summed E-state index contributed by atoms with van der Waals surface area (Å²) in [6.45, 7) is 3.80. The molecule has 0 aliphatic rings. The van der Waals surface area contributed by atoms with Crippen LogP contribution in [0.15, 0.2) is 24.3 Å². The lowest BCUT2D eigenvalue weighted by Crippen LogP contribution is -2.46. The minimum Gasteiger partial charge on any atom is -0.392 e. The Hall–Kier alpha value is -1.06. The first-order chi connectivity index (χ1) is 18.3. The van der Waals surface area contributed by atoms with Crippen LogP contribution in [-0.4, -0.2) is 59.0 Å². The Kier molecular flexibility index (Phi) is 24.2. The van der Waals surface area contributed by atoms with Crippen molar-refractivity contribution in [1.82, 2.24) is 5.32 Å². The van der Waals surface area contributed by atoms with Gasteiger partial charge < -0.3 is 26.2 Å². The molecule has 0 fully saturated rings. The van der Waals surface area contributed by atoms with E-state index in [9.17, 15) is 24.5 Å². The molecule has 0 radical (unpaired) electrons. The average Bonchev–Trinajstić information content (AvgIpc) is 2.88. The Labute approximate surface area is 230 Å². The van der Waals surface area contributed by atoms with Crippen molar-refractivity contribution in [1.29, 1.82) is 0 Å². The van der Waals surface area contributed by atoms with Gasteiger partial charge >= 0.3 is 7.82 Å². The molecule has 4 unspecified atom stereocenters. The summed E-state index contributed by atoms with van der Waals surface area (Å²) in [5, 5.41) is 23.5. The molecule has 6 N–H and O–H groups in total. The number of allylic oxidation sites excluding steroid dienone is 2. The zero-order valence-electron chi connectivity index (χ0n) is 23.8. The van der Waals surface area contributed by atoms with Gasteiger partial charge in [-0.3, -0.25) is 13.8 Å². The van der Waals surface area contributed by atoms with Gasteiger partial charge in [0, 0.05) is 6.54 Å². The van der Waals surface area contributed by atoms with Crippen molar-refractivity contribution in [3.63, 3.8) is 0 Å². The molecule has 4 atom stereocenters. The van der Waals surface area contributed by atoms with E-state index < -0.39 is 38.6 Å². The highest BCUT2D eigenvalue weighted by molar-refractivity contribution is 7.47. The maximum atomic E-state index is 12.5. The standard InChI is InChI=1S/C28H55N2O7P/c1-3-5-7-9-11-12-14-16-18-20-27(32)26(24-37-38(34,35)36-22-21-29)30-28(33)23-25(31)19-17-15-13-10-8-6-4-2/h15,17-18,20,25-27,31-32H,3-14,16,19,21-24,29H2,1-2H3,(H,30,33)(H,34,35)/b17-15-,20-18+. The zero-order valence-corrected chi connectivity index (χ0v) is 24.7. The quantitative estimate of drug-likeness (QED) is 0.0542. The van der Waals surface area contributed by atoms with E-state index in [1.165, 1.54) is 51.4 Å². The molecule has 0 aromatic rings. The number of unbranched alkanes of at least 4 members (excludes halogenated alkanes) is 11. The van der Waals surface area contributed by atoms with Gasteiger partial charge in [0.15, 0.2) is 0 Å². The number of aliphatic hydroxyl groups is 2. The van der Waals surface area contributed by atoms with Crippen molar-refractivity contribution in [2.45, 2.75) is 128 Å². The first-order valence-corrected chi connectivity index (χ1v) is 16.0. The van der Waals surface area contributed by atoms with Crippen LogP contribution in [0.25, 0.3) is 0 Å². The second-order valence-corrected chi connectivity index (χ2v) is 11.3. The fourth-order valence-corrected chi connectivity index (χ4v) is 4.58. The Morgan fingerprint density at radius 1 is 0.895 bits per heavy atom. The van der Waals surface area contributed by atoms with Crippen LogP contribution in [-0.2, 0) is 18.4 Å². The van der Waals surface area contributed by atoms with Gasteiger partial charge in [-0.15, -0.1) is 0 Å². The topological polar surface area (TPSA) is 151 Å². The van der Waals surface area contributed by atoms with Crippen LogP contribution in [0, 0.1) is 0 Å². The number of nitrogens with one attached hydrogen (secondary N) is 1. The van der Waals surface area contributed by atoms with E-state index in [2.05, 4.69) is 19.2 Å². The molecule has 0 aliphatic carbocycles. The average molecular weight is 563 g/mol. The maximum Gasteiger partial charge on any atom is 0.472 e. The maximum absolute atomic E-state index is 12.5. The highest BCUT2D eigenvalue weighted by Crippen LogP contribution is 2.43. The van der Waals surface area contributed by atoms with Crippen LogP contribution >= 0.6 is 7.82 Å². The second-order valence-electron chi connectivity index (χ2n) is 9.80. The third-order valence-corrected chi connectivity index (χ3v) is 7.06. The minimum absolute atomic E-state index is 0.0448. The van der Waals surface area contributed by atoms with Crippen molar-refractivity contribution in [3.8, 4) is 0 Å². The molecule has 0 aromatic heterocycles. The number of carbonyl (C=O) groups is 1. The van der Waals surface area contributed by atoms with Gasteiger partial charge in [-0.25, -0.2) is 4.57 Å². The fraction of sp³-hybridized carbons (Fsp3) is 0.821. The first-order valence-electron chi connectivity index (χ1n) is 14.5. The molecule has 224 valence electrons. The molecule has 1 amide bonds. The molecule has 38 heavy (non-hydrogen) atoms. The molecular weight excluding hydrogens is 507 g/mol. The summed E-state index contributed by atoms with van der Waals surface area (Å²) in [5.74, 6) is -0.488. The van der Waals surface area contributed by atoms with Crippen LogP contribution < -0.4 is 11.1 Å². The Balaban J connectivity index is 4.73. The number of amides is 1. The normalized spacial score (nSPS) is 16.1. The number of hydrogen-bond acceptors (Lipinski definition) is 7. The lowest BCUT2D eigenvalue weighted by molar-refractivity contribution is -0.124. The molecule has 0 saturated heterocycles. The van der Waals surface area contributed by atoms with Crippen LogP contribution in [0.5, 0.6) is 0 Å². The van der Waals surface area contributed by atoms with E-state index in [4.69, 9.17) is 14.8 Å². The monoisotopic (exact) mass is 562 g/mol. The first kappa shape index (κ1) is 36.9. The molecule has 0 aliphatic heterocycles. The summed E-state index contributed by atoms with van der Waals surface area (Å²) >= 11 is 0. The SMILES string of the molecule is CCCCCC/C=C\CC(O)CC(=O)NC(COP(=O)(O)OCCN)C(O)/C=C/CCCCCCCCC. The summed E-state index contributed by atoms with van der Waals surface area (Å²) in [4.78, 5) is 22.3. The third kappa shape index (κ3) is 22.9. The summed E-state index contributed by atoms with van der Waals surface area (Å²) in [6, 6.07) is -0.990. The number of hydrogen-bond donors (Lipinski definition) is 5. The molecule has 0 saturated carbocycles. The Morgan fingerprint density at radius 3 is 2.11 bits per heavy atom. The van der Waals surface area contributed by atoms with Gasteiger partial charge in [0.1, 0.15) is 0 Å². The number of phosphoric acid groups is 1. The third-order valence-electron chi connectivity index (χ3n) is 6.08.